The molecule has 1 unspecified atom stereocenters. The summed E-state index contributed by atoms with van der Waals surface area (Å²) in [5, 5.41) is -0.0206. The second-order valence-electron chi connectivity index (χ2n) is 8.31. The van der Waals surface area contributed by atoms with Crippen molar-refractivity contribution < 1.29 is 23.4 Å². The molecule has 0 amide bonds. The average molecular weight is 346 g/mol. The van der Waals surface area contributed by atoms with Crippen molar-refractivity contribution in [2.45, 2.75) is 77.4 Å². The predicted octanol–water partition coefficient (Wildman–Crippen LogP) is 3.12. The van der Waals surface area contributed by atoms with E-state index in [9.17, 15) is 4.79 Å². The van der Waals surface area contributed by atoms with Gasteiger partial charge in [-0.05, 0) is 38.9 Å². The van der Waals surface area contributed by atoms with Crippen molar-refractivity contribution in [3.05, 3.63) is 0 Å². The fourth-order valence-electron chi connectivity index (χ4n) is 1.73. The highest BCUT2D eigenvalue weighted by atomic mass is 28.4. The van der Waals surface area contributed by atoms with Crippen molar-refractivity contribution in [3.63, 3.8) is 0 Å². The third-order valence-electron chi connectivity index (χ3n) is 4.05. The molecule has 0 aromatic carbocycles. The minimum atomic E-state index is -2.15. The van der Waals surface area contributed by atoms with Crippen LogP contribution in [0.1, 0.15) is 41.5 Å². The molecule has 0 radical (unpaired) electrons. The summed E-state index contributed by atoms with van der Waals surface area (Å²) in [5.41, 5.74) is -0.408. The first kappa shape index (κ1) is 20.0. The molecule has 1 aliphatic rings. The number of hydrogen-bond acceptors (Lipinski definition) is 6. The van der Waals surface area contributed by atoms with Crippen LogP contribution >= 0.6 is 0 Å². The normalized spacial score (nSPS) is 20.6. The summed E-state index contributed by atoms with van der Waals surface area (Å²) in [6, 6.07) is -0.450. The molecule has 0 aliphatic carbocycles. The molecule has 0 saturated heterocycles. The zero-order chi connectivity index (χ0) is 18.1. The molecule has 1 aliphatic heterocycles. The van der Waals surface area contributed by atoms with E-state index in [4.69, 9.17) is 18.6 Å². The highest BCUT2D eigenvalue weighted by Crippen LogP contribution is 2.38. The molecule has 0 N–H and O–H groups in total. The molecule has 2 atom stereocenters. The Labute approximate surface area is 140 Å². The SMILES string of the molecule is COC(=O)[C@H](O[Si](C)(C)C(C)(C)C)C1COC(OC(C)(C)C)=N1. The summed E-state index contributed by atoms with van der Waals surface area (Å²) in [7, 11) is -0.792. The van der Waals surface area contributed by atoms with Crippen LogP contribution in [0.5, 0.6) is 0 Å². The summed E-state index contributed by atoms with van der Waals surface area (Å²) < 4.78 is 22.2. The third-order valence-corrected chi connectivity index (χ3v) is 8.51. The lowest BCUT2D eigenvalue weighted by Gasteiger charge is -2.39. The van der Waals surface area contributed by atoms with Crippen LogP contribution in [0.15, 0.2) is 4.99 Å². The van der Waals surface area contributed by atoms with Gasteiger partial charge in [0.2, 0.25) is 0 Å². The van der Waals surface area contributed by atoms with Gasteiger partial charge >= 0.3 is 12.1 Å². The molecule has 23 heavy (non-hydrogen) atoms. The Morgan fingerprint density at radius 1 is 1.26 bits per heavy atom. The standard InChI is InChI=1S/C16H31NO5Si/c1-15(2,3)21-14-17-11(10-20-14)12(13(18)19-7)22-23(8,9)16(4,5)6/h11-12H,10H2,1-9H3/t11?,12-/m1/s1. The van der Waals surface area contributed by atoms with Gasteiger partial charge < -0.3 is 18.6 Å². The molecule has 134 valence electrons. The maximum atomic E-state index is 12.2. The molecule has 0 spiro atoms. The van der Waals surface area contributed by atoms with Gasteiger partial charge in [0.1, 0.15) is 18.2 Å². The molecular weight excluding hydrogens is 314 g/mol. The molecule has 7 heteroatoms. The van der Waals surface area contributed by atoms with E-state index < -0.39 is 32.0 Å². The number of esters is 1. The number of carbonyl (C=O) groups is 1. The maximum absolute atomic E-state index is 12.2. The van der Waals surface area contributed by atoms with Crippen LogP contribution in [0.2, 0.25) is 18.1 Å². The number of methoxy groups -OCH3 is 1. The third kappa shape index (κ3) is 5.49. The topological polar surface area (TPSA) is 66.4 Å². The van der Waals surface area contributed by atoms with Gasteiger partial charge in [-0.25, -0.2) is 9.79 Å². The lowest BCUT2D eigenvalue weighted by atomic mass is 10.2. The first-order chi connectivity index (χ1) is 10.3. The summed E-state index contributed by atoms with van der Waals surface area (Å²) >= 11 is 0. The van der Waals surface area contributed by atoms with Crippen molar-refractivity contribution in [1.29, 1.82) is 0 Å². The molecule has 0 fully saturated rings. The van der Waals surface area contributed by atoms with Crippen LogP contribution in [-0.4, -0.2) is 51.8 Å². The fourth-order valence-corrected chi connectivity index (χ4v) is 2.98. The number of ether oxygens (including phenoxy) is 3. The minimum Gasteiger partial charge on any atom is -0.467 e. The number of aliphatic imine (C=N–C) groups is 1. The number of rotatable bonds is 4. The number of carbonyl (C=O) groups excluding carboxylic acids is 1. The summed E-state index contributed by atoms with van der Waals surface area (Å²) in [4.78, 5) is 16.6. The predicted molar refractivity (Wildman–Crippen MR) is 92.1 cm³/mol. The minimum absolute atomic E-state index is 0.0206. The smallest absolute Gasteiger partial charge is 0.384 e. The second-order valence-corrected chi connectivity index (χ2v) is 13.1. The molecular formula is C16H31NO5Si. The van der Waals surface area contributed by atoms with E-state index in [1.165, 1.54) is 7.11 Å². The lowest BCUT2D eigenvalue weighted by molar-refractivity contribution is -0.150. The number of nitrogens with zero attached hydrogens (tertiary/aromatic N) is 1. The monoisotopic (exact) mass is 345 g/mol. The molecule has 0 aromatic rings. The van der Waals surface area contributed by atoms with Crippen LogP contribution in [0.4, 0.5) is 0 Å². The summed E-state index contributed by atoms with van der Waals surface area (Å²) in [5.74, 6) is -0.427. The van der Waals surface area contributed by atoms with Gasteiger partial charge in [-0.3, -0.25) is 0 Å². The largest absolute Gasteiger partial charge is 0.467 e. The Kier molecular flexibility index (Phi) is 5.91. The van der Waals surface area contributed by atoms with E-state index in [1.807, 2.05) is 20.8 Å². The van der Waals surface area contributed by atoms with Crippen molar-refractivity contribution in [1.82, 2.24) is 0 Å². The first-order valence-corrected chi connectivity index (χ1v) is 10.8. The van der Waals surface area contributed by atoms with Gasteiger partial charge in [-0.15, -0.1) is 0 Å². The van der Waals surface area contributed by atoms with Crippen molar-refractivity contribution in [2.75, 3.05) is 13.7 Å². The Bertz CT molecular complexity index is 462. The lowest BCUT2D eigenvalue weighted by Crippen LogP contribution is -2.50. The zero-order valence-corrected chi connectivity index (χ0v) is 16.9. The van der Waals surface area contributed by atoms with Crippen LogP contribution in [-0.2, 0) is 23.4 Å². The molecule has 0 saturated carbocycles. The van der Waals surface area contributed by atoms with Gasteiger partial charge in [0.25, 0.3) is 0 Å². The van der Waals surface area contributed by atoms with Gasteiger partial charge in [0.05, 0.1) is 7.11 Å². The average Bonchev–Trinajstić information content (AvgIpc) is 2.79. The van der Waals surface area contributed by atoms with Gasteiger partial charge in [0.15, 0.2) is 14.4 Å². The first-order valence-electron chi connectivity index (χ1n) is 7.92. The van der Waals surface area contributed by atoms with E-state index >= 15 is 0 Å². The van der Waals surface area contributed by atoms with Crippen LogP contribution < -0.4 is 0 Å². The van der Waals surface area contributed by atoms with E-state index in [-0.39, 0.29) is 17.7 Å². The van der Waals surface area contributed by atoms with Crippen LogP contribution in [0.3, 0.4) is 0 Å². The summed E-state index contributed by atoms with van der Waals surface area (Å²) in [6.07, 6.45) is -0.572. The van der Waals surface area contributed by atoms with Crippen LogP contribution in [0.25, 0.3) is 0 Å². The van der Waals surface area contributed by atoms with E-state index in [0.29, 0.717) is 0 Å². The highest BCUT2D eigenvalue weighted by molar-refractivity contribution is 6.74. The van der Waals surface area contributed by atoms with Gasteiger partial charge in [-0.2, -0.15) is 0 Å². The van der Waals surface area contributed by atoms with E-state index in [1.54, 1.807) is 0 Å². The quantitative estimate of drug-likeness (QED) is 0.578. The molecule has 0 aromatic heterocycles. The fraction of sp³-hybridized carbons (Fsp3) is 0.875. The molecule has 6 nitrogen and oxygen atoms in total. The Morgan fingerprint density at radius 2 is 1.83 bits per heavy atom. The highest BCUT2D eigenvalue weighted by Gasteiger charge is 2.45. The van der Waals surface area contributed by atoms with Crippen LogP contribution in [0, 0.1) is 0 Å². The van der Waals surface area contributed by atoms with Gasteiger partial charge in [0, 0.05) is 0 Å². The van der Waals surface area contributed by atoms with Crippen molar-refractivity contribution in [2.24, 2.45) is 4.99 Å². The molecule has 0 bridgehead atoms. The maximum Gasteiger partial charge on any atom is 0.384 e. The molecule has 1 heterocycles. The van der Waals surface area contributed by atoms with E-state index in [2.05, 4.69) is 38.9 Å². The zero-order valence-electron chi connectivity index (χ0n) is 15.9. The Hall–Kier alpha value is -1.08. The van der Waals surface area contributed by atoms with Crippen molar-refractivity contribution >= 4 is 20.4 Å². The Morgan fingerprint density at radius 3 is 2.26 bits per heavy atom. The molecule has 1 rings (SSSR count). The Balaban J connectivity index is 2.95. The van der Waals surface area contributed by atoms with Gasteiger partial charge in [-0.1, -0.05) is 20.8 Å². The van der Waals surface area contributed by atoms with Crippen molar-refractivity contribution in [3.8, 4) is 0 Å². The van der Waals surface area contributed by atoms with E-state index in [0.717, 1.165) is 0 Å². The number of hydrogen-bond donors (Lipinski definition) is 0. The second kappa shape index (κ2) is 6.81. The summed E-state index contributed by atoms with van der Waals surface area (Å²) in [6.45, 7) is 16.5.